The molecule has 0 unspecified atom stereocenters. The maximum absolute atomic E-state index is 12.9. The van der Waals surface area contributed by atoms with Gasteiger partial charge in [-0.25, -0.2) is 4.98 Å². The molecule has 1 N–H and O–H groups in total. The summed E-state index contributed by atoms with van der Waals surface area (Å²) in [5, 5.41) is 7.22. The van der Waals surface area contributed by atoms with Gasteiger partial charge in [-0.15, -0.1) is 0 Å². The van der Waals surface area contributed by atoms with Crippen molar-refractivity contribution in [1.29, 1.82) is 0 Å². The van der Waals surface area contributed by atoms with Crippen LogP contribution in [-0.2, 0) is 11.3 Å². The number of hydrogen-bond acceptors (Lipinski definition) is 5. The molecular formula is C22H20N4O3. The van der Waals surface area contributed by atoms with Gasteiger partial charge in [-0.2, -0.15) is 0 Å². The summed E-state index contributed by atoms with van der Waals surface area (Å²) in [5.74, 6) is -0.167. The number of amides is 1. The Morgan fingerprint density at radius 3 is 2.72 bits per heavy atom. The molecule has 0 saturated heterocycles. The maximum atomic E-state index is 12.9. The van der Waals surface area contributed by atoms with Gasteiger partial charge in [0.2, 0.25) is 5.91 Å². The quantitative estimate of drug-likeness (QED) is 0.563. The van der Waals surface area contributed by atoms with Crippen molar-refractivity contribution in [2.24, 2.45) is 0 Å². The summed E-state index contributed by atoms with van der Waals surface area (Å²) in [6.45, 7) is 4.12. The van der Waals surface area contributed by atoms with Crippen LogP contribution in [0.25, 0.3) is 22.4 Å². The molecule has 2 heterocycles. The number of benzene rings is 2. The smallest absolute Gasteiger partial charge is 0.266 e. The highest BCUT2D eigenvalue weighted by atomic mass is 16.5. The number of carbonyl (C=O) groups is 1. The third kappa shape index (κ3) is 3.80. The van der Waals surface area contributed by atoms with Gasteiger partial charge in [0.05, 0.1) is 0 Å². The molecule has 7 heteroatoms. The summed E-state index contributed by atoms with van der Waals surface area (Å²) in [5.41, 5.74) is 3.96. The maximum Gasteiger partial charge on any atom is 0.266 e. The second kappa shape index (κ2) is 7.71. The highest BCUT2D eigenvalue weighted by Crippen LogP contribution is 2.23. The second-order valence-electron chi connectivity index (χ2n) is 6.94. The van der Waals surface area contributed by atoms with Crippen molar-refractivity contribution in [3.63, 3.8) is 0 Å². The van der Waals surface area contributed by atoms with Crippen LogP contribution in [0.1, 0.15) is 17.5 Å². The average Bonchev–Trinajstić information content (AvgIpc) is 3.16. The molecule has 0 aliphatic carbocycles. The third-order valence-corrected chi connectivity index (χ3v) is 4.76. The summed E-state index contributed by atoms with van der Waals surface area (Å²) in [7, 11) is 0. The average molecular weight is 388 g/mol. The summed E-state index contributed by atoms with van der Waals surface area (Å²) >= 11 is 0. The lowest BCUT2D eigenvalue weighted by atomic mass is 10.1. The lowest BCUT2D eigenvalue weighted by Crippen LogP contribution is -2.23. The normalized spacial score (nSPS) is 11.0. The van der Waals surface area contributed by atoms with Gasteiger partial charge in [0.25, 0.3) is 11.3 Å². The van der Waals surface area contributed by atoms with E-state index in [0.717, 1.165) is 22.4 Å². The molecule has 0 bridgehead atoms. The first-order valence-electron chi connectivity index (χ1n) is 9.30. The van der Waals surface area contributed by atoms with Gasteiger partial charge in [-0.05, 0) is 31.0 Å². The first kappa shape index (κ1) is 18.6. The van der Waals surface area contributed by atoms with Gasteiger partial charge in [0, 0.05) is 24.2 Å². The Hall–Kier alpha value is -3.74. The predicted molar refractivity (Wildman–Crippen MR) is 111 cm³/mol. The minimum atomic E-state index is -0.283. The zero-order valence-electron chi connectivity index (χ0n) is 16.2. The Labute approximate surface area is 167 Å². The molecule has 1 amide bonds. The molecule has 0 aliphatic heterocycles. The van der Waals surface area contributed by atoms with Crippen LogP contribution in [0.4, 0.5) is 5.69 Å². The molecular weight excluding hydrogens is 368 g/mol. The fourth-order valence-corrected chi connectivity index (χ4v) is 3.14. The van der Waals surface area contributed by atoms with E-state index in [0.29, 0.717) is 11.1 Å². The SMILES string of the molecule is Cc1ccc(C)c(NC(=O)CCn2cnc3onc(-c4ccccc4)c3c2=O)c1. The first-order chi connectivity index (χ1) is 14.0. The van der Waals surface area contributed by atoms with Crippen LogP contribution in [0.5, 0.6) is 0 Å². The number of rotatable bonds is 5. The topological polar surface area (TPSA) is 90.0 Å². The van der Waals surface area contributed by atoms with Crippen LogP contribution >= 0.6 is 0 Å². The van der Waals surface area contributed by atoms with Gasteiger partial charge < -0.3 is 9.84 Å². The van der Waals surface area contributed by atoms with Crippen LogP contribution in [-0.4, -0.2) is 20.6 Å². The Morgan fingerprint density at radius 2 is 1.93 bits per heavy atom. The van der Waals surface area contributed by atoms with E-state index < -0.39 is 0 Å². The Morgan fingerprint density at radius 1 is 1.14 bits per heavy atom. The Kier molecular flexibility index (Phi) is 4.95. The lowest BCUT2D eigenvalue weighted by molar-refractivity contribution is -0.116. The molecule has 2 aromatic carbocycles. The molecule has 7 nitrogen and oxygen atoms in total. The largest absolute Gasteiger partial charge is 0.335 e. The lowest BCUT2D eigenvalue weighted by Gasteiger charge is -2.10. The number of nitrogens with one attached hydrogen (secondary N) is 1. The van der Waals surface area contributed by atoms with Crippen molar-refractivity contribution in [3.8, 4) is 11.3 Å². The van der Waals surface area contributed by atoms with Crippen molar-refractivity contribution < 1.29 is 9.32 Å². The number of aromatic nitrogens is 3. The van der Waals surface area contributed by atoms with E-state index in [2.05, 4.69) is 15.5 Å². The van der Waals surface area contributed by atoms with Crippen molar-refractivity contribution in [1.82, 2.24) is 14.7 Å². The van der Waals surface area contributed by atoms with Gasteiger partial charge in [0.1, 0.15) is 17.4 Å². The van der Waals surface area contributed by atoms with Crippen LogP contribution in [0.15, 0.2) is 64.2 Å². The Balaban J connectivity index is 1.56. The fraction of sp³-hybridized carbons (Fsp3) is 0.182. The van der Waals surface area contributed by atoms with Crippen LogP contribution in [0, 0.1) is 13.8 Å². The molecule has 0 spiro atoms. The second-order valence-corrected chi connectivity index (χ2v) is 6.94. The Bertz CT molecular complexity index is 1240. The number of aryl methyl sites for hydroxylation is 3. The minimum absolute atomic E-state index is 0.145. The minimum Gasteiger partial charge on any atom is -0.335 e. The molecule has 0 saturated carbocycles. The van der Waals surface area contributed by atoms with E-state index in [1.807, 2.05) is 62.4 Å². The highest BCUT2D eigenvalue weighted by Gasteiger charge is 2.17. The number of fused-ring (bicyclic) bond motifs is 1. The van der Waals surface area contributed by atoms with Gasteiger partial charge >= 0.3 is 0 Å². The zero-order valence-corrected chi connectivity index (χ0v) is 16.2. The highest BCUT2D eigenvalue weighted by molar-refractivity contribution is 5.91. The summed E-state index contributed by atoms with van der Waals surface area (Å²) in [6.07, 6.45) is 1.53. The van der Waals surface area contributed by atoms with Gasteiger partial charge in [0.15, 0.2) is 0 Å². The summed E-state index contributed by atoms with van der Waals surface area (Å²) in [4.78, 5) is 29.5. The van der Waals surface area contributed by atoms with Crippen LogP contribution in [0.3, 0.4) is 0 Å². The number of anilines is 1. The molecule has 0 aliphatic rings. The predicted octanol–water partition coefficient (Wildman–Crippen LogP) is 3.70. The molecule has 0 atom stereocenters. The van der Waals surface area contributed by atoms with Crippen LogP contribution < -0.4 is 10.9 Å². The van der Waals surface area contributed by atoms with Crippen molar-refractivity contribution in [2.75, 3.05) is 5.32 Å². The van der Waals surface area contributed by atoms with E-state index >= 15 is 0 Å². The van der Waals surface area contributed by atoms with E-state index in [4.69, 9.17) is 4.52 Å². The van der Waals surface area contributed by atoms with E-state index in [-0.39, 0.29) is 30.1 Å². The molecule has 2 aromatic heterocycles. The van der Waals surface area contributed by atoms with Crippen molar-refractivity contribution >= 4 is 22.7 Å². The molecule has 0 fully saturated rings. The van der Waals surface area contributed by atoms with Crippen molar-refractivity contribution in [2.45, 2.75) is 26.8 Å². The number of carbonyl (C=O) groups excluding carboxylic acids is 1. The first-order valence-corrected chi connectivity index (χ1v) is 9.30. The zero-order chi connectivity index (χ0) is 20.4. The standard InChI is InChI=1S/C22H20N4O3/c1-14-8-9-15(2)17(12-14)24-18(27)10-11-26-13-23-21-19(22(26)28)20(25-29-21)16-6-4-3-5-7-16/h3-9,12-13H,10-11H2,1-2H3,(H,24,27). The van der Waals surface area contributed by atoms with E-state index in [1.54, 1.807) is 0 Å². The molecule has 29 heavy (non-hydrogen) atoms. The van der Waals surface area contributed by atoms with Gasteiger partial charge in [-0.1, -0.05) is 47.6 Å². The third-order valence-electron chi connectivity index (χ3n) is 4.76. The molecule has 4 rings (SSSR count). The summed E-state index contributed by atoms with van der Waals surface area (Å²) < 4.78 is 6.63. The monoisotopic (exact) mass is 388 g/mol. The number of nitrogens with zero attached hydrogens (tertiary/aromatic N) is 3. The van der Waals surface area contributed by atoms with E-state index in [9.17, 15) is 9.59 Å². The molecule has 4 aromatic rings. The fourth-order valence-electron chi connectivity index (χ4n) is 3.14. The van der Waals surface area contributed by atoms with Gasteiger partial charge in [-0.3, -0.25) is 14.2 Å². The molecule has 0 radical (unpaired) electrons. The number of hydrogen-bond donors (Lipinski definition) is 1. The summed E-state index contributed by atoms with van der Waals surface area (Å²) in [6, 6.07) is 15.2. The van der Waals surface area contributed by atoms with E-state index in [1.165, 1.54) is 10.9 Å². The van der Waals surface area contributed by atoms with Crippen LogP contribution in [0.2, 0.25) is 0 Å². The molecule has 146 valence electrons. The van der Waals surface area contributed by atoms with Crippen molar-refractivity contribution in [3.05, 3.63) is 76.3 Å².